The first-order chi connectivity index (χ1) is 13.1. The van der Waals surface area contributed by atoms with Gasteiger partial charge in [-0.25, -0.2) is 0 Å². The van der Waals surface area contributed by atoms with Crippen molar-refractivity contribution in [3.63, 3.8) is 0 Å². The highest BCUT2D eigenvalue weighted by Gasteiger charge is 2.53. The van der Waals surface area contributed by atoms with E-state index in [-0.39, 0.29) is 11.3 Å². The number of allylic oxidation sites excluding steroid dienone is 1. The molecule has 2 saturated carbocycles. The van der Waals surface area contributed by atoms with Gasteiger partial charge in [0.05, 0.1) is 18.8 Å². The molecule has 2 aliphatic carbocycles. The van der Waals surface area contributed by atoms with Crippen LogP contribution in [-0.2, 0) is 9.47 Å². The van der Waals surface area contributed by atoms with Crippen molar-refractivity contribution in [2.24, 2.45) is 17.3 Å². The van der Waals surface area contributed by atoms with Gasteiger partial charge in [0.15, 0.2) is 6.29 Å². The van der Waals surface area contributed by atoms with Gasteiger partial charge in [0, 0.05) is 11.8 Å². The Morgan fingerprint density at radius 1 is 1.18 bits per heavy atom. The quantitative estimate of drug-likeness (QED) is 0.345. The number of fused-ring (bicyclic) bond motifs is 1. The molecule has 10 atom stereocenters. The van der Waals surface area contributed by atoms with E-state index in [0.717, 1.165) is 30.4 Å². The van der Waals surface area contributed by atoms with E-state index < -0.39 is 49.5 Å². The molecule has 0 aromatic heterocycles. The van der Waals surface area contributed by atoms with Crippen LogP contribution >= 0.6 is 0 Å². The second-order valence-electron chi connectivity index (χ2n) is 9.02. The van der Waals surface area contributed by atoms with E-state index in [0.29, 0.717) is 12.3 Å². The molecular formula is C21H34O7. The molecule has 1 heterocycles. The number of ether oxygens (including phenoxy) is 2. The smallest absolute Gasteiger partial charge is 0.187 e. The zero-order valence-electron chi connectivity index (χ0n) is 16.7. The van der Waals surface area contributed by atoms with Crippen LogP contribution in [-0.4, -0.2) is 75.1 Å². The van der Waals surface area contributed by atoms with Crippen molar-refractivity contribution in [2.75, 3.05) is 6.61 Å². The molecule has 0 radical (unpaired) electrons. The molecule has 3 fully saturated rings. The summed E-state index contributed by atoms with van der Waals surface area (Å²) in [5.41, 5.74) is 1.69. The number of rotatable bonds is 4. The third kappa shape index (κ3) is 3.69. The van der Waals surface area contributed by atoms with Gasteiger partial charge in [0.2, 0.25) is 0 Å². The number of hydrogen-bond acceptors (Lipinski definition) is 7. The highest BCUT2D eigenvalue weighted by molar-refractivity contribution is 5.22. The largest absolute Gasteiger partial charge is 0.394 e. The van der Waals surface area contributed by atoms with Gasteiger partial charge in [-0.2, -0.15) is 0 Å². The lowest BCUT2D eigenvalue weighted by Crippen LogP contribution is -2.60. The predicted octanol–water partition coefficient (Wildman–Crippen LogP) is 0.491. The minimum Gasteiger partial charge on any atom is -0.394 e. The zero-order chi connectivity index (χ0) is 20.8. The Morgan fingerprint density at radius 3 is 2.46 bits per heavy atom. The Labute approximate surface area is 166 Å². The van der Waals surface area contributed by atoms with Crippen molar-refractivity contribution in [3.8, 4) is 0 Å². The van der Waals surface area contributed by atoms with E-state index in [2.05, 4.69) is 20.1 Å². The summed E-state index contributed by atoms with van der Waals surface area (Å²) in [5.74, 6) is 0.412. The zero-order valence-corrected chi connectivity index (χ0v) is 16.7. The van der Waals surface area contributed by atoms with E-state index in [1.807, 2.05) is 6.92 Å². The third-order valence-corrected chi connectivity index (χ3v) is 7.25. The van der Waals surface area contributed by atoms with Crippen molar-refractivity contribution >= 4 is 0 Å². The first kappa shape index (κ1) is 21.9. The fraction of sp³-hybridized carbons (Fsp3) is 0.810. The predicted molar refractivity (Wildman–Crippen MR) is 102 cm³/mol. The molecule has 0 aromatic rings. The van der Waals surface area contributed by atoms with Crippen LogP contribution in [0.15, 0.2) is 24.3 Å². The van der Waals surface area contributed by atoms with Gasteiger partial charge in [-0.05, 0) is 43.6 Å². The lowest BCUT2D eigenvalue weighted by molar-refractivity contribution is -0.312. The Bertz CT molecular complexity index is 606. The summed E-state index contributed by atoms with van der Waals surface area (Å²) in [5, 5.41) is 50.4. The third-order valence-electron chi connectivity index (χ3n) is 7.25. The van der Waals surface area contributed by atoms with E-state index in [1.165, 1.54) is 0 Å². The standard InChI is InChI=1S/C21H34O7/c1-10(2)12-5-6-21(4)13(7-12)11(3)14(8-16(21)23)27-20-19(26)18(25)17(24)15(9-22)28-20/h12-20,22-26H,1,3,5-9H2,2,4H3/t12-,13+,14+,15-,16-,17-,18+,19-,20-,21-/m1/s1. The van der Waals surface area contributed by atoms with Crippen molar-refractivity contribution in [2.45, 2.75) is 82.4 Å². The van der Waals surface area contributed by atoms with Gasteiger partial charge in [-0.1, -0.05) is 25.7 Å². The molecule has 7 heteroatoms. The van der Waals surface area contributed by atoms with Crippen molar-refractivity contribution in [1.82, 2.24) is 0 Å². The molecular weight excluding hydrogens is 364 g/mol. The van der Waals surface area contributed by atoms with Crippen LogP contribution < -0.4 is 0 Å². The maximum absolute atomic E-state index is 10.9. The summed E-state index contributed by atoms with van der Waals surface area (Å²) < 4.78 is 11.4. The summed E-state index contributed by atoms with van der Waals surface area (Å²) in [4.78, 5) is 0. The van der Waals surface area contributed by atoms with E-state index in [1.54, 1.807) is 0 Å². The Balaban J connectivity index is 1.76. The van der Waals surface area contributed by atoms with E-state index in [4.69, 9.17) is 9.47 Å². The second kappa shape index (κ2) is 8.14. The van der Waals surface area contributed by atoms with Crippen LogP contribution in [0.5, 0.6) is 0 Å². The van der Waals surface area contributed by atoms with Gasteiger partial charge in [0.25, 0.3) is 0 Å². The molecule has 0 unspecified atom stereocenters. The number of aliphatic hydroxyl groups is 5. The minimum absolute atomic E-state index is 0.0431. The van der Waals surface area contributed by atoms with Crippen LogP contribution in [0.25, 0.3) is 0 Å². The van der Waals surface area contributed by atoms with Crippen LogP contribution in [0, 0.1) is 17.3 Å². The summed E-state index contributed by atoms with van der Waals surface area (Å²) in [6.45, 7) is 11.9. The van der Waals surface area contributed by atoms with Crippen LogP contribution in [0.2, 0.25) is 0 Å². The molecule has 3 rings (SSSR count). The Morgan fingerprint density at radius 2 is 1.86 bits per heavy atom. The SMILES string of the molecule is C=C(C)[C@@H]1CC[C@@]2(C)[C@H](O)C[C@H](O[C@@H]3O[C@H](CO)[C@@H](O)[C@H](O)[C@H]3O)C(=C)[C@@H]2C1. The lowest BCUT2D eigenvalue weighted by atomic mass is 9.54. The summed E-state index contributed by atoms with van der Waals surface area (Å²) in [7, 11) is 0. The number of aliphatic hydroxyl groups excluding tert-OH is 5. The van der Waals surface area contributed by atoms with Crippen LogP contribution in [0.4, 0.5) is 0 Å². The average molecular weight is 398 g/mol. The topological polar surface area (TPSA) is 120 Å². The van der Waals surface area contributed by atoms with Gasteiger partial charge in [0.1, 0.15) is 24.4 Å². The molecule has 5 N–H and O–H groups in total. The number of hydrogen-bond donors (Lipinski definition) is 5. The molecule has 160 valence electrons. The molecule has 0 spiro atoms. The molecule has 0 aromatic carbocycles. The van der Waals surface area contributed by atoms with Crippen LogP contribution in [0.3, 0.4) is 0 Å². The molecule has 0 bridgehead atoms. The molecule has 1 aliphatic heterocycles. The van der Waals surface area contributed by atoms with Crippen molar-refractivity contribution in [3.05, 3.63) is 24.3 Å². The summed E-state index contributed by atoms with van der Waals surface area (Å²) in [6.07, 6.45) is -4.77. The van der Waals surface area contributed by atoms with Crippen molar-refractivity contribution in [1.29, 1.82) is 0 Å². The first-order valence-electron chi connectivity index (χ1n) is 10.1. The average Bonchev–Trinajstić information content (AvgIpc) is 2.66. The maximum atomic E-state index is 10.9. The monoisotopic (exact) mass is 398 g/mol. The molecule has 0 amide bonds. The molecule has 28 heavy (non-hydrogen) atoms. The lowest BCUT2D eigenvalue weighted by Gasteiger charge is -2.54. The summed E-state index contributed by atoms with van der Waals surface area (Å²) >= 11 is 0. The first-order valence-corrected chi connectivity index (χ1v) is 10.1. The Hall–Kier alpha value is -0.800. The molecule has 7 nitrogen and oxygen atoms in total. The van der Waals surface area contributed by atoms with Crippen molar-refractivity contribution < 1.29 is 35.0 Å². The highest BCUT2D eigenvalue weighted by atomic mass is 16.7. The van der Waals surface area contributed by atoms with Gasteiger partial charge >= 0.3 is 0 Å². The Kier molecular flexibility index (Phi) is 6.37. The molecule has 1 saturated heterocycles. The fourth-order valence-electron chi connectivity index (χ4n) is 5.08. The highest BCUT2D eigenvalue weighted by Crippen LogP contribution is 2.55. The fourth-order valence-corrected chi connectivity index (χ4v) is 5.08. The summed E-state index contributed by atoms with van der Waals surface area (Å²) in [6, 6.07) is 0. The normalized spacial score (nSPS) is 49.5. The van der Waals surface area contributed by atoms with Gasteiger partial charge in [-0.3, -0.25) is 0 Å². The molecule has 3 aliphatic rings. The van der Waals surface area contributed by atoms with Crippen LogP contribution in [0.1, 0.15) is 39.5 Å². The van der Waals surface area contributed by atoms with E-state index >= 15 is 0 Å². The second-order valence-corrected chi connectivity index (χ2v) is 9.02. The maximum Gasteiger partial charge on any atom is 0.187 e. The minimum atomic E-state index is -1.49. The van der Waals surface area contributed by atoms with E-state index in [9.17, 15) is 25.5 Å². The van der Waals surface area contributed by atoms with Gasteiger partial charge in [-0.15, -0.1) is 0 Å². The van der Waals surface area contributed by atoms with Gasteiger partial charge < -0.3 is 35.0 Å².